The summed E-state index contributed by atoms with van der Waals surface area (Å²) in [5, 5.41) is 0. The molecule has 4 heteroatoms. The maximum Gasteiger partial charge on any atom is 0.0971 e. The summed E-state index contributed by atoms with van der Waals surface area (Å²) >= 11 is 0. The second kappa shape index (κ2) is 5.65. The zero-order chi connectivity index (χ0) is 12.3. The predicted molar refractivity (Wildman–Crippen MR) is 68.0 cm³/mol. The lowest BCUT2D eigenvalue weighted by Crippen LogP contribution is -2.40. The van der Waals surface area contributed by atoms with Gasteiger partial charge in [-0.25, -0.2) is 0 Å². The van der Waals surface area contributed by atoms with E-state index in [1.165, 1.54) is 25.7 Å². The molecular formula is C13H26N2O2. The Morgan fingerprint density at radius 2 is 1.65 bits per heavy atom. The van der Waals surface area contributed by atoms with Gasteiger partial charge in [0.1, 0.15) is 0 Å². The molecule has 0 bridgehead atoms. The molecule has 1 aliphatic heterocycles. The second-order valence-corrected chi connectivity index (χ2v) is 5.65. The van der Waals surface area contributed by atoms with E-state index in [0.29, 0.717) is 5.41 Å². The molecule has 2 rings (SSSR count). The standard InChI is InChI=1S/C13H26N2O2/c1-16-11-7-15(8-12(11)17-2)10-13(9-14)5-3-4-6-13/h11-12H,3-10,14H2,1-2H3. The number of rotatable bonds is 5. The first-order chi connectivity index (χ1) is 8.23. The van der Waals surface area contributed by atoms with Gasteiger partial charge in [0.2, 0.25) is 0 Å². The molecule has 1 saturated carbocycles. The molecule has 0 spiro atoms. The minimum Gasteiger partial charge on any atom is -0.377 e. The van der Waals surface area contributed by atoms with Crippen molar-refractivity contribution in [2.75, 3.05) is 40.4 Å². The topological polar surface area (TPSA) is 47.7 Å². The molecule has 17 heavy (non-hydrogen) atoms. The normalized spacial score (nSPS) is 33.4. The van der Waals surface area contributed by atoms with Crippen molar-refractivity contribution in [3.05, 3.63) is 0 Å². The fourth-order valence-electron chi connectivity index (χ4n) is 3.43. The van der Waals surface area contributed by atoms with E-state index in [4.69, 9.17) is 15.2 Å². The molecular weight excluding hydrogens is 216 g/mol. The Balaban J connectivity index is 1.91. The quantitative estimate of drug-likeness (QED) is 0.776. The Kier molecular flexibility index (Phi) is 4.42. The number of ether oxygens (including phenoxy) is 2. The van der Waals surface area contributed by atoms with Gasteiger partial charge < -0.3 is 15.2 Å². The Morgan fingerprint density at radius 1 is 1.12 bits per heavy atom. The van der Waals surface area contributed by atoms with Crippen LogP contribution in [-0.2, 0) is 9.47 Å². The Morgan fingerprint density at radius 3 is 2.06 bits per heavy atom. The predicted octanol–water partition coefficient (Wildman–Crippen LogP) is 0.851. The van der Waals surface area contributed by atoms with Gasteiger partial charge in [0, 0.05) is 33.9 Å². The van der Waals surface area contributed by atoms with Crippen LogP contribution in [0.15, 0.2) is 0 Å². The third-order valence-electron chi connectivity index (χ3n) is 4.55. The molecule has 2 atom stereocenters. The fraction of sp³-hybridized carbons (Fsp3) is 1.00. The number of hydrogen-bond donors (Lipinski definition) is 1. The largest absolute Gasteiger partial charge is 0.377 e. The molecule has 0 aromatic heterocycles. The third-order valence-corrected chi connectivity index (χ3v) is 4.55. The lowest BCUT2D eigenvalue weighted by atomic mass is 9.86. The second-order valence-electron chi connectivity index (χ2n) is 5.65. The van der Waals surface area contributed by atoms with E-state index in [2.05, 4.69) is 4.90 Å². The van der Waals surface area contributed by atoms with Crippen LogP contribution >= 0.6 is 0 Å². The number of methoxy groups -OCH3 is 2. The van der Waals surface area contributed by atoms with Gasteiger partial charge in [-0.05, 0) is 24.8 Å². The Hall–Kier alpha value is -0.160. The van der Waals surface area contributed by atoms with Gasteiger partial charge in [-0.2, -0.15) is 0 Å². The number of likely N-dealkylation sites (tertiary alicyclic amines) is 1. The molecule has 100 valence electrons. The first kappa shape index (κ1) is 13.3. The van der Waals surface area contributed by atoms with Crippen molar-refractivity contribution in [3.63, 3.8) is 0 Å². The molecule has 1 saturated heterocycles. The summed E-state index contributed by atoms with van der Waals surface area (Å²) in [4.78, 5) is 2.47. The smallest absolute Gasteiger partial charge is 0.0971 e. The van der Waals surface area contributed by atoms with E-state index in [1.54, 1.807) is 14.2 Å². The maximum atomic E-state index is 5.99. The van der Waals surface area contributed by atoms with Crippen LogP contribution in [0.3, 0.4) is 0 Å². The van der Waals surface area contributed by atoms with E-state index >= 15 is 0 Å². The summed E-state index contributed by atoms with van der Waals surface area (Å²) in [6.45, 7) is 3.90. The number of nitrogens with zero attached hydrogens (tertiary/aromatic N) is 1. The van der Waals surface area contributed by atoms with Gasteiger partial charge in [-0.1, -0.05) is 12.8 Å². The van der Waals surface area contributed by atoms with Crippen molar-refractivity contribution in [1.29, 1.82) is 0 Å². The SMILES string of the molecule is COC1CN(CC2(CN)CCCC2)CC1OC. The van der Waals surface area contributed by atoms with Crippen LogP contribution in [0.4, 0.5) is 0 Å². The highest BCUT2D eigenvalue weighted by Gasteiger charge is 2.39. The van der Waals surface area contributed by atoms with E-state index in [1.807, 2.05) is 0 Å². The van der Waals surface area contributed by atoms with Crippen LogP contribution in [-0.4, -0.2) is 57.5 Å². The summed E-state index contributed by atoms with van der Waals surface area (Å²) in [6, 6.07) is 0. The van der Waals surface area contributed by atoms with Gasteiger partial charge in [0.25, 0.3) is 0 Å². The highest BCUT2D eigenvalue weighted by atomic mass is 16.5. The summed E-state index contributed by atoms with van der Waals surface area (Å²) in [7, 11) is 3.54. The van der Waals surface area contributed by atoms with Crippen LogP contribution in [0, 0.1) is 5.41 Å². The van der Waals surface area contributed by atoms with E-state index in [9.17, 15) is 0 Å². The Bertz CT molecular complexity index is 230. The molecule has 2 unspecified atom stereocenters. The van der Waals surface area contributed by atoms with E-state index in [0.717, 1.165) is 26.2 Å². The minimum absolute atomic E-state index is 0.219. The van der Waals surface area contributed by atoms with Crippen molar-refractivity contribution in [3.8, 4) is 0 Å². The molecule has 2 fully saturated rings. The van der Waals surface area contributed by atoms with Crippen molar-refractivity contribution in [1.82, 2.24) is 4.90 Å². The van der Waals surface area contributed by atoms with Gasteiger partial charge in [0.05, 0.1) is 12.2 Å². The fourth-order valence-corrected chi connectivity index (χ4v) is 3.43. The van der Waals surface area contributed by atoms with Crippen molar-refractivity contribution in [2.45, 2.75) is 37.9 Å². The summed E-state index contributed by atoms with van der Waals surface area (Å²) in [6.07, 6.45) is 5.69. The number of nitrogens with two attached hydrogens (primary N) is 1. The molecule has 0 aromatic rings. The minimum atomic E-state index is 0.219. The first-order valence-corrected chi connectivity index (χ1v) is 6.71. The molecule has 2 N–H and O–H groups in total. The van der Waals surface area contributed by atoms with Crippen LogP contribution in [0.1, 0.15) is 25.7 Å². The summed E-state index contributed by atoms with van der Waals surface area (Å²) in [5.41, 5.74) is 6.35. The maximum absolute atomic E-state index is 5.99. The average Bonchev–Trinajstić information content (AvgIpc) is 2.96. The summed E-state index contributed by atoms with van der Waals surface area (Å²) < 4.78 is 11.0. The van der Waals surface area contributed by atoms with Crippen molar-refractivity contribution in [2.24, 2.45) is 11.1 Å². The lowest BCUT2D eigenvalue weighted by Gasteiger charge is -2.32. The van der Waals surface area contributed by atoms with Gasteiger partial charge >= 0.3 is 0 Å². The average molecular weight is 242 g/mol. The monoisotopic (exact) mass is 242 g/mol. The lowest BCUT2D eigenvalue weighted by molar-refractivity contribution is -0.00461. The van der Waals surface area contributed by atoms with Crippen LogP contribution in [0.5, 0.6) is 0 Å². The molecule has 0 amide bonds. The Labute approximate surface area is 104 Å². The molecule has 1 aliphatic carbocycles. The van der Waals surface area contributed by atoms with Gasteiger partial charge in [0.15, 0.2) is 0 Å². The van der Waals surface area contributed by atoms with E-state index < -0.39 is 0 Å². The molecule has 2 aliphatic rings. The van der Waals surface area contributed by atoms with Crippen LogP contribution < -0.4 is 5.73 Å². The van der Waals surface area contributed by atoms with Crippen LogP contribution in [0.2, 0.25) is 0 Å². The van der Waals surface area contributed by atoms with Gasteiger partial charge in [-0.3, -0.25) is 4.90 Å². The van der Waals surface area contributed by atoms with Crippen LogP contribution in [0.25, 0.3) is 0 Å². The zero-order valence-electron chi connectivity index (χ0n) is 11.2. The highest BCUT2D eigenvalue weighted by molar-refractivity contribution is 4.93. The molecule has 0 radical (unpaired) electrons. The molecule has 4 nitrogen and oxygen atoms in total. The van der Waals surface area contributed by atoms with E-state index in [-0.39, 0.29) is 12.2 Å². The zero-order valence-corrected chi connectivity index (χ0v) is 11.2. The third kappa shape index (κ3) is 2.81. The highest BCUT2D eigenvalue weighted by Crippen LogP contribution is 2.38. The van der Waals surface area contributed by atoms with Crippen molar-refractivity contribution < 1.29 is 9.47 Å². The van der Waals surface area contributed by atoms with Crippen molar-refractivity contribution >= 4 is 0 Å². The number of hydrogen-bond acceptors (Lipinski definition) is 4. The summed E-state index contributed by atoms with van der Waals surface area (Å²) in [5.74, 6) is 0. The first-order valence-electron chi connectivity index (χ1n) is 6.71. The molecule has 1 heterocycles. The molecule has 0 aromatic carbocycles. The van der Waals surface area contributed by atoms with Gasteiger partial charge in [-0.15, -0.1) is 0 Å².